The lowest BCUT2D eigenvalue weighted by molar-refractivity contribution is -0.870. The van der Waals surface area contributed by atoms with Crippen molar-refractivity contribution in [3.63, 3.8) is 0 Å². The van der Waals surface area contributed by atoms with Crippen molar-refractivity contribution >= 4 is 25.6 Å². The fourth-order valence-corrected chi connectivity index (χ4v) is 4.39. The van der Waals surface area contributed by atoms with E-state index in [4.69, 9.17) is 13.8 Å². The molecular weight excluding hydrogens is 413 g/mol. The fourth-order valence-electron chi connectivity index (χ4n) is 2.44. The third kappa shape index (κ3) is 16.0. The molecule has 0 saturated heterocycles. The third-order valence-electron chi connectivity index (χ3n) is 4.41. The van der Waals surface area contributed by atoms with Gasteiger partial charge < -0.3 is 14.1 Å². The SMILES string of the molecule is C=C(C)C(=O)OCC(CSCCCC(CC)CC)OP(=O)(O)OCC[N+](C)(C)C. The number of phosphoric ester groups is 1. The van der Waals surface area contributed by atoms with E-state index < -0.39 is 19.9 Å². The summed E-state index contributed by atoms with van der Waals surface area (Å²) in [5.41, 5.74) is 0.271. The Kier molecular flexibility index (Phi) is 14.4. The van der Waals surface area contributed by atoms with E-state index in [0.717, 1.165) is 18.1 Å². The molecule has 0 aromatic heterocycles. The van der Waals surface area contributed by atoms with Gasteiger partial charge in [-0.25, -0.2) is 9.36 Å². The molecule has 0 radical (unpaired) electrons. The number of hydrogen-bond donors (Lipinski definition) is 1. The average Bonchev–Trinajstić information content (AvgIpc) is 2.60. The van der Waals surface area contributed by atoms with Crippen LogP contribution in [0, 0.1) is 5.92 Å². The lowest BCUT2D eigenvalue weighted by atomic mass is 9.98. The molecule has 1 N–H and O–H groups in total. The van der Waals surface area contributed by atoms with Gasteiger partial charge in [-0.3, -0.25) is 9.05 Å². The molecule has 0 saturated carbocycles. The minimum atomic E-state index is -4.24. The van der Waals surface area contributed by atoms with Crippen molar-refractivity contribution in [3.8, 4) is 0 Å². The van der Waals surface area contributed by atoms with Gasteiger partial charge in [0.15, 0.2) is 0 Å². The molecule has 0 spiro atoms. The monoisotopic (exact) mass is 454 g/mol. The number of carbonyl (C=O) groups excluding carboxylic acids is 1. The van der Waals surface area contributed by atoms with Gasteiger partial charge in [0.25, 0.3) is 0 Å². The van der Waals surface area contributed by atoms with Crippen molar-refractivity contribution in [1.29, 1.82) is 0 Å². The molecule has 0 aromatic rings. The van der Waals surface area contributed by atoms with Crippen LogP contribution in [0.1, 0.15) is 46.5 Å². The molecule has 0 amide bonds. The number of thioether (sulfide) groups is 1. The van der Waals surface area contributed by atoms with Crippen molar-refractivity contribution in [3.05, 3.63) is 12.2 Å². The molecular formula is C20H41NO6PS+. The number of esters is 1. The third-order valence-corrected chi connectivity index (χ3v) is 6.67. The van der Waals surface area contributed by atoms with Gasteiger partial charge in [0, 0.05) is 11.3 Å². The van der Waals surface area contributed by atoms with Crippen LogP contribution >= 0.6 is 19.6 Å². The molecule has 2 atom stereocenters. The van der Waals surface area contributed by atoms with E-state index in [9.17, 15) is 14.3 Å². The Bertz CT molecular complexity index is 534. The second-order valence-electron chi connectivity index (χ2n) is 8.32. The van der Waals surface area contributed by atoms with Crippen molar-refractivity contribution in [2.24, 2.45) is 5.92 Å². The number of rotatable bonds is 17. The Labute approximate surface area is 181 Å². The second-order valence-corrected chi connectivity index (χ2v) is 10.9. The maximum atomic E-state index is 12.3. The molecule has 0 fully saturated rings. The number of carbonyl (C=O) groups is 1. The first-order chi connectivity index (χ1) is 13.4. The quantitative estimate of drug-likeness (QED) is 0.116. The van der Waals surface area contributed by atoms with E-state index in [1.807, 2.05) is 21.1 Å². The largest absolute Gasteiger partial charge is 0.472 e. The molecule has 0 aliphatic carbocycles. The van der Waals surface area contributed by atoms with Gasteiger partial charge in [-0.1, -0.05) is 33.3 Å². The van der Waals surface area contributed by atoms with Crippen LogP contribution in [0.15, 0.2) is 12.2 Å². The predicted octanol–water partition coefficient (Wildman–Crippen LogP) is 4.26. The zero-order valence-electron chi connectivity index (χ0n) is 19.0. The summed E-state index contributed by atoms with van der Waals surface area (Å²) in [6, 6.07) is 0. The number of likely N-dealkylation sites (N-methyl/N-ethyl adjacent to an activating group) is 1. The van der Waals surface area contributed by atoms with Crippen LogP contribution < -0.4 is 0 Å². The highest BCUT2D eigenvalue weighted by molar-refractivity contribution is 7.99. The summed E-state index contributed by atoms with van der Waals surface area (Å²) >= 11 is 1.62. The molecule has 2 unspecified atom stereocenters. The van der Waals surface area contributed by atoms with E-state index in [-0.39, 0.29) is 18.8 Å². The van der Waals surface area contributed by atoms with E-state index in [0.29, 0.717) is 16.8 Å². The van der Waals surface area contributed by atoms with Crippen LogP contribution in [-0.2, 0) is 23.1 Å². The minimum Gasteiger partial charge on any atom is -0.460 e. The zero-order valence-corrected chi connectivity index (χ0v) is 20.7. The van der Waals surface area contributed by atoms with E-state index >= 15 is 0 Å². The highest BCUT2D eigenvalue weighted by Crippen LogP contribution is 2.45. The van der Waals surface area contributed by atoms with Crippen LogP contribution in [0.3, 0.4) is 0 Å². The van der Waals surface area contributed by atoms with Crippen molar-refractivity contribution in [2.75, 3.05) is 52.4 Å². The topological polar surface area (TPSA) is 82.1 Å². The molecule has 0 aliphatic heterocycles. The van der Waals surface area contributed by atoms with Crippen molar-refractivity contribution in [2.45, 2.75) is 52.6 Å². The smallest absolute Gasteiger partial charge is 0.460 e. The normalized spacial score (nSPS) is 15.2. The summed E-state index contributed by atoms with van der Waals surface area (Å²) in [4.78, 5) is 21.7. The molecule has 29 heavy (non-hydrogen) atoms. The minimum absolute atomic E-state index is 0.0954. The standard InChI is InChI=1S/C20H40NO6PS/c1-8-18(9-2)11-10-14-29-16-19(15-25-20(22)17(3)4)27-28(23,24)26-13-12-21(5,6)7/h18-19H,3,8-16H2,1-2,4-7H3/p+1. The van der Waals surface area contributed by atoms with Crippen LogP contribution in [0.4, 0.5) is 0 Å². The zero-order chi connectivity index (χ0) is 22.5. The predicted molar refractivity (Wildman–Crippen MR) is 120 cm³/mol. The van der Waals surface area contributed by atoms with Gasteiger partial charge in [-0.15, -0.1) is 0 Å². The van der Waals surface area contributed by atoms with Crippen LogP contribution in [0.5, 0.6) is 0 Å². The molecule has 0 bridgehead atoms. The Balaban J connectivity index is 4.60. The summed E-state index contributed by atoms with van der Waals surface area (Å²) < 4.78 is 28.4. The van der Waals surface area contributed by atoms with E-state index in [1.165, 1.54) is 19.3 Å². The molecule has 0 rings (SSSR count). The van der Waals surface area contributed by atoms with Gasteiger partial charge in [0.1, 0.15) is 25.9 Å². The van der Waals surface area contributed by atoms with Crippen LogP contribution in [0.25, 0.3) is 0 Å². The Morgan fingerprint density at radius 2 is 1.86 bits per heavy atom. The first-order valence-corrected chi connectivity index (χ1v) is 12.9. The average molecular weight is 455 g/mol. The lowest BCUT2D eigenvalue weighted by Gasteiger charge is -2.25. The van der Waals surface area contributed by atoms with Gasteiger partial charge in [-0.2, -0.15) is 11.8 Å². The summed E-state index contributed by atoms with van der Waals surface area (Å²) in [7, 11) is 1.65. The molecule has 0 aromatic carbocycles. The molecule has 7 nitrogen and oxygen atoms in total. The highest BCUT2D eigenvalue weighted by atomic mass is 32.2. The summed E-state index contributed by atoms with van der Waals surface area (Å²) in [6.45, 7) is 10.0. The van der Waals surface area contributed by atoms with Gasteiger partial charge >= 0.3 is 13.8 Å². The van der Waals surface area contributed by atoms with Gasteiger partial charge in [-0.05, 0) is 31.4 Å². The maximum Gasteiger partial charge on any atom is 0.472 e. The molecule has 0 heterocycles. The lowest BCUT2D eigenvalue weighted by Crippen LogP contribution is -2.37. The van der Waals surface area contributed by atoms with Crippen LogP contribution in [0.2, 0.25) is 0 Å². The van der Waals surface area contributed by atoms with Crippen molar-refractivity contribution in [1.82, 2.24) is 0 Å². The van der Waals surface area contributed by atoms with Crippen LogP contribution in [-0.4, -0.2) is 73.9 Å². The first-order valence-electron chi connectivity index (χ1n) is 10.3. The summed E-state index contributed by atoms with van der Waals surface area (Å²) in [6.07, 6.45) is 3.88. The number of phosphoric acid groups is 1. The second kappa shape index (κ2) is 14.6. The summed E-state index contributed by atoms with van der Waals surface area (Å²) in [5.74, 6) is 1.56. The van der Waals surface area contributed by atoms with E-state index in [1.54, 1.807) is 18.7 Å². The first kappa shape index (κ1) is 28.6. The van der Waals surface area contributed by atoms with Gasteiger partial charge in [0.2, 0.25) is 0 Å². The Morgan fingerprint density at radius 1 is 1.24 bits per heavy atom. The highest BCUT2D eigenvalue weighted by Gasteiger charge is 2.28. The molecule has 172 valence electrons. The summed E-state index contributed by atoms with van der Waals surface area (Å²) in [5, 5.41) is 0. The number of quaternary nitrogens is 1. The number of nitrogens with zero attached hydrogens (tertiary/aromatic N) is 1. The Hall–Kier alpha value is -0.370. The Morgan fingerprint density at radius 3 is 2.38 bits per heavy atom. The van der Waals surface area contributed by atoms with Crippen molar-refractivity contribution < 1.29 is 32.5 Å². The van der Waals surface area contributed by atoms with Gasteiger partial charge in [0.05, 0.1) is 21.1 Å². The molecule has 0 aliphatic rings. The number of hydrogen-bond acceptors (Lipinski definition) is 6. The molecule has 9 heteroatoms. The number of ether oxygens (including phenoxy) is 1. The van der Waals surface area contributed by atoms with E-state index in [2.05, 4.69) is 20.4 Å². The fraction of sp³-hybridized carbons (Fsp3) is 0.850. The maximum absolute atomic E-state index is 12.3.